The molecule has 0 aromatic carbocycles. The van der Waals surface area contributed by atoms with Crippen LogP contribution in [0.25, 0.3) is 0 Å². The number of hydrogen-bond donors (Lipinski definition) is 2. The predicted octanol–water partition coefficient (Wildman–Crippen LogP) is 1.44. The molecular weight excluding hydrogens is 216 g/mol. The first-order valence-electron chi connectivity index (χ1n) is 6.71. The fourth-order valence-corrected chi connectivity index (χ4v) is 2.36. The molecule has 1 aliphatic rings. The van der Waals surface area contributed by atoms with E-state index in [0.717, 1.165) is 32.1 Å². The molecule has 3 N–H and O–H groups in total. The zero-order valence-electron chi connectivity index (χ0n) is 11.1. The van der Waals surface area contributed by atoms with E-state index >= 15 is 0 Å². The molecule has 4 nitrogen and oxygen atoms in total. The molecule has 0 atom stereocenters. The Balaban J connectivity index is 2.20. The summed E-state index contributed by atoms with van der Waals surface area (Å²) in [6.07, 6.45) is 5.26. The normalized spacial score (nSPS) is 18.6. The topological polar surface area (TPSA) is 64.3 Å². The minimum absolute atomic E-state index is 0.141. The summed E-state index contributed by atoms with van der Waals surface area (Å²) in [5, 5.41) is 2.99. The zero-order valence-corrected chi connectivity index (χ0v) is 11.1. The van der Waals surface area contributed by atoms with Gasteiger partial charge in [0.05, 0.1) is 11.5 Å². The predicted molar refractivity (Wildman–Crippen MR) is 68.7 cm³/mol. The summed E-state index contributed by atoms with van der Waals surface area (Å²) in [4.78, 5) is 12.1. The molecule has 0 bridgehead atoms. The minimum atomic E-state index is -0.279. The molecule has 0 aromatic heterocycles. The van der Waals surface area contributed by atoms with Crippen molar-refractivity contribution < 1.29 is 9.53 Å². The van der Waals surface area contributed by atoms with E-state index in [1.54, 1.807) is 0 Å². The highest BCUT2D eigenvalue weighted by Crippen LogP contribution is 2.37. The summed E-state index contributed by atoms with van der Waals surface area (Å²) in [7, 11) is 0. The van der Waals surface area contributed by atoms with Crippen LogP contribution >= 0.6 is 0 Å². The minimum Gasteiger partial charge on any atom is -0.379 e. The van der Waals surface area contributed by atoms with Crippen LogP contribution in [-0.4, -0.2) is 31.7 Å². The van der Waals surface area contributed by atoms with E-state index in [1.165, 1.54) is 0 Å². The highest BCUT2D eigenvalue weighted by molar-refractivity contribution is 5.83. The van der Waals surface area contributed by atoms with Crippen LogP contribution in [0.5, 0.6) is 0 Å². The fourth-order valence-electron chi connectivity index (χ4n) is 2.36. The largest absolute Gasteiger partial charge is 0.379 e. The molecule has 1 saturated carbocycles. The van der Waals surface area contributed by atoms with E-state index in [2.05, 4.69) is 5.32 Å². The number of carbonyl (C=O) groups excluding carboxylic acids is 1. The fraction of sp³-hybridized carbons (Fsp3) is 0.923. The number of nitrogens with one attached hydrogen (secondary N) is 1. The Morgan fingerprint density at radius 3 is 2.59 bits per heavy atom. The van der Waals surface area contributed by atoms with Gasteiger partial charge in [-0.3, -0.25) is 4.79 Å². The lowest BCUT2D eigenvalue weighted by Crippen LogP contribution is -2.44. The molecule has 1 fully saturated rings. The van der Waals surface area contributed by atoms with Crippen molar-refractivity contribution in [2.75, 3.05) is 19.7 Å². The van der Waals surface area contributed by atoms with Gasteiger partial charge in [0.15, 0.2) is 0 Å². The van der Waals surface area contributed by atoms with Crippen LogP contribution in [0, 0.1) is 5.41 Å². The highest BCUT2D eigenvalue weighted by atomic mass is 16.5. The number of rotatable bonds is 7. The van der Waals surface area contributed by atoms with Crippen molar-refractivity contribution in [3.8, 4) is 0 Å². The molecule has 0 aromatic rings. The van der Waals surface area contributed by atoms with Crippen LogP contribution < -0.4 is 11.1 Å². The lowest BCUT2D eigenvalue weighted by atomic mass is 9.85. The van der Waals surface area contributed by atoms with Crippen LogP contribution in [0.15, 0.2) is 0 Å². The molecule has 0 spiro atoms. The van der Waals surface area contributed by atoms with E-state index in [0.29, 0.717) is 19.7 Å². The Labute approximate surface area is 104 Å². The molecule has 1 aliphatic carbocycles. The Morgan fingerprint density at radius 2 is 2.06 bits per heavy atom. The molecule has 0 aliphatic heterocycles. The maximum atomic E-state index is 12.1. The summed E-state index contributed by atoms with van der Waals surface area (Å²) in [5.74, 6) is 0.141. The number of amides is 1. The molecular formula is C13H26N2O2. The second-order valence-electron chi connectivity index (χ2n) is 5.22. The summed E-state index contributed by atoms with van der Waals surface area (Å²) < 4.78 is 5.42. The van der Waals surface area contributed by atoms with Crippen molar-refractivity contribution in [1.29, 1.82) is 0 Å². The van der Waals surface area contributed by atoms with Crippen molar-refractivity contribution in [1.82, 2.24) is 5.32 Å². The smallest absolute Gasteiger partial charge is 0.227 e. The summed E-state index contributed by atoms with van der Waals surface area (Å²) in [6.45, 7) is 5.89. The standard InChI is InChI=1S/C13H26N2O2/c1-11(2)17-9-5-8-15-12(16)13(10-14)6-3-4-7-13/h11H,3-10,14H2,1-2H3,(H,15,16). The van der Waals surface area contributed by atoms with E-state index in [1.807, 2.05) is 13.8 Å². The Kier molecular flexibility index (Phi) is 5.92. The third-order valence-electron chi connectivity index (χ3n) is 3.49. The number of hydrogen-bond acceptors (Lipinski definition) is 3. The Hall–Kier alpha value is -0.610. The summed E-state index contributed by atoms with van der Waals surface area (Å²) in [5.41, 5.74) is 5.48. The van der Waals surface area contributed by atoms with Gasteiger partial charge < -0.3 is 15.8 Å². The van der Waals surface area contributed by atoms with E-state index < -0.39 is 0 Å². The summed E-state index contributed by atoms with van der Waals surface area (Å²) in [6, 6.07) is 0. The van der Waals surface area contributed by atoms with E-state index in [-0.39, 0.29) is 17.4 Å². The van der Waals surface area contributed by atoms with Gasteiger partial charge in [0, 0.05) is 19.7 Å². The molecule has 0 saturated heterocycles. The van der Waals surface area contributed by atoms with Crippen LogP contribution in [0.4, 0.5) is 0 Å². The summed E-state index contributed by atoms with van der Waals surface area (Å²) >= 11 is 0. The highest BCUT2D eigenvalue weighted by Gasteiger charge is 2.39. The van der Waals surface area contributed by atoms with Crippen molar-refractivity contribution in [2.45, 2.75) is 52.1 Å². The maximum Gasteiger partial charge on any atom is 0.227 e. The third kappa shape index (κ3) is 4.28. The molecule has 0 heterocycles. The van der Waals surface area contributed by atoms with Crippen LogP contribution in [0.1, 0.15) is 46.0 Å². The average Bonchev–Trinajstić information content (AvgIpc) is 2.77. The lowest BCUT2D eigenvalue weighted by molar-refractivity contribution is -0.130. The van der Waals surface area contributed by atoms with Crippen molar-refractivity contribution >= 4 is 5.91 Å². The van der Waals surface area contributed by atoms with Crippen LogP contribution in [-0.2, 0) is 9.53 Å². The average molecular weight is 242 g/mol. The number of nitrogens with two attached hydrogens (primary N) is 1. The lowest BCUT2D eigenvalue weighted by Gasteiger charge is -2.25. The van der Waals surface area contributed by atoms with Gasteiger partial charge in [0.1, 0.15) is 0 Å². The molecule has 100 valence electrons. The van der Waals surface area contributed by atoms with Crippen LogP contribution in [0.2, 0.25) is 0 Å². The number of ether oxygens (including phenoxy) is 1. The maximum absolute atomic E-state index is 12.1. The Morgan fingerprint density at radius 1 is 1.41 bits per heavy atom. The van der Waals surface area contributed by atoms with Gasteiger partial charge >= 0.3 is 0 Å². The molecule has 4 heteroatoms. The first-order chi connectivity index (χ1) is 8.10. The first-order valence-corrected chi connectivity index (χ1v) is 6.71. The first kappa shape index (κ1) is 14.5. The van der Waals surface area contributed by atoms with Crippen molar-refractivity contribution in [2.24, 2.45) is 11.1 Å². The van der Waals surface area contributed by atoms with E-state index in [4.69, 9.17) is 10.5 Å². The monoisotopic (exact) mass is 242 g/mol. The van der Waals surface area contributed by atoms with Gasteiger partial charge in [0.25, 0.3) is 0 Å². The molecule has 1 rings (SSSR count). The number of carbonyl (C=O) groups is 1. The van der Waals surface area contributed by atoms with E-state index in [9.17, 15) is 4.79 Å². The van der Waals surface area contributed by atoms with Gasteiger partial charge in [-0.25, -0.2) is 0 Å². The Bertz CT molecular complexity index is 236. The zero-order chi connectivity index (χ0) is 12.7. The van der Waals surface area contributed by atoms with Crippen LogP contribution in [0.3, 0.4) is 0 Å². The van der Waals surface area contributed by atoms with Crippen molar-refractivity contribution in [3.63, 3.8) is 0 Å². The quantitative estimate of drug-likeness (QED) is 0.664. The van der Waals surface area contributed by atoms with Gasteiger partial charge in [-0.15, -0.1) is 0 Å². The SMILES string of the molecule is CC(C)OCCCNC(=O)C1(CN)CCCC1. The molecule has 0 unspecified atom stereocenters. The molecule has 17 heavy (non-hydrogen) atoms. The second-order valence-corrected chi connectivity index (χ2v) is 5.22. The van der Waals surface area contributed by atoms with Gasteiger partial charge in [-0.1, -0.05) is 12.8 Å². The molecule has 0 radical (unpaired) electrons. The third-order valence-corrected chi connectivity index (χ3v) is 3.49. The molecule has 1 amide bonds. The van der Waals surface area contributed by atoms with Crippen molar-refractivity contribution in [3.05, 3.63) is 0 Å². The van der Waals surface area contributed by atoms with Gasteiger partial charge in [0.2, 0.25) is 5.91 Å². The van der Waals surface area contributed by atoms with Gasteiger partial charge in [-0.2, -0.15) is 0 Å². The second kappa shape index (κ2) is 6.97. The van der Waals surface area contributed by atoms with Gasteiger partial charge in [-0.05, 0) is 33.1 Å².